The van der Waals surface area contributed by atoms with E-state index in [1.165, 1.54) is 65.7 Å². The number of aryl methyl sites for hydroxylation is 1. The van der Waals surface area contributed by atoms with E-state index in [0.29, 0.717) is 21.2 Å². The third kappa shape index (κ3) is 11.9. The number of nitrogens with zero attached hydrogens (tertiary/aromatic N) is 5. The van der Waals surface area contributed by atoms with E-state index in [1.54, 1.807) is 83.3 Å². The van der Waals surface area contributed by atoms with Gasteiger partial charge in [-0.3, -0.25) is 27.9 Å². The number of pyridine rings is 1. The second kappa shape index (κ2) is 20.3. The lowest BCUT2D eigenvalue weighted by Gasteiger charge is -2.25. The molecule has 13 nitrogen and oxygen atoms in total. The van der Waals surface area contributed by atoms with Gasteiger partial charge < -0.3 is 10.6 Å². The third-order valence-corrected chi connectivity index (χ3v) is 12.7. The molecule has 0 aliphatic heterocycles. The summed E-state index contributed by atoms with van der Waals surface area (Å²) >= 11 is 11.9. The van der Waals surface area contributed by atoms with Gasteiger partial charge in [0, 0.05) is 47.8 Å². The summed E-state index contributed by atoms with van der Waals surface area (Å²) in [6, 6.07) is 24.5. The Morgan fingerprint density at radius 3 is 1.52 bits per heavy atom. The molecule has 19 heteroatoms. The summed E-state index contributed by atoms with van der Waals surface area (Å²) < 4.78 is 85.9. The van der Waals surface area contributed by atoms with Crippen molar-refractivity contribution < 1.29 is 35.2 Å². The molecule has 0 aliphatic carbocycles. The van der Waals surface area contributed by atoms with Gasteiger partial charge in [0.25, 0.3) is 31.9 Å². The van der Waals surface area contributed by atoms with Gasteiger partial charge in [-0.15, -0.1) is 0 Å². The molecule has 0 bridgehead atoms. The van der Waals surface area contributed by atoms with Crippen LogP contribution in [0, 0.1) is 11.6 Å². The van der Waals surface area contributed by atoms with Crippen LogP contribution in [0.1, 0.15) is 59.5 Å². The largest absolute Gasteiger partial charge is 0.350 e. The summed E-state index contributed by atoms with van der Waals surface area (Å²) in [6.45, 7) is 6.88. The molecule has 0 atom stereocenters. The number of amides is 2. The lowest BCUT2D eigenvalue weighted by atomic mass is 10.1. The Balaban J connectivity index is 0.000000234. The number of benzene rings is 4. The van der Waals surface area contributed by atoms with Crippen molar-refractivity contribution in [1.29, 1.82) is 0 Å². The SMILES string of the molecule is CC(C)NC(=O)c1cc(N(Cc2ccc(Cl)cc2)S(=O)(=O)c2cccnc2)ccc1F.CC(C)NC(=O)c1cc(N(Cc2ccc(Cl)cc2)S(=O)(=O)c2ccn(C)n2)ccc1F. The fourth-order valence-electron chi connectivity index (χ4n) is 5.78. The van der Waals surface area contributed by atoms with Crippen LogP contribution in [-0.2, 0) is 40.2 Å². The first-order valence-corrected chi connectivity index (χ1v) is 22.5. The van der Waals surface area contributed by atoms with Crippen molar-refractivity contribution in [1.82, 2.24) is 25.4 Å². The highest BCUT2D eigenvalue weighted by Crippen LogP contribution is 2.30. The highest BCUT2D eigenvalue weighted by Gasteiger charge is 2.30. The number of nitrogens with one attached hydrogen (secondary N) is 2. The Kier molecular flexibility index (Phi) is 15.5. The van der Waals surface area contributed by atoms with E-state index in [9.17, 15) is 35.2 Å². The van der Waals surface area contributed by atoms with Crippen LogP contribution in [0.2, 0.25) is 10.0 Å². The standard InChI is InChI=1S/C22H21ClFN3O3S.C21H22ClFN4O3S/c1-15(2)26-22(28)20-12-18(9-10-21(20)24)27(14-16-5-7-17(23)8-6-16)31(29,30)19-4-3-11-25-13-19;1-14(2)24-21(28)18-12-17(8-9-19(18)23)27(13-15-4-6-16(22)7-5-15)31(29,30)20-10-11-26(3)25-20/h3-13,15H,14H2,1-2H3,(H,26,28);4-12,14H,13H2,1-3H3,(H,24,28). The van der Waals surface area contributed by atoms with Crippen molar-refractivity contribution in [3.8, 4) is 0 Å². The monoisotopic (exact) mass is 925 g/mol. The number of carbonyl (C=O) groups is 2. The fraction of sp³-hybridized carbons (Fsp3) is 0.209. The maximum Gasteiger partial charge on any atom is 0.283 e. The molecule has 62 heavy (non-hydrogen) atoms. The zero-order valence-electron chi connectivity index (χ0n) is 34.1. The molecule has 0 fully saturated rings. The van der Waals surface area contributed by atoms with E-state index in [1.807, 2.05) is 0 Å². The molecule has 2 heterocycles. The van der Waals surface area contributed by atoms with Crippen LogP contribution in [0.4, 0.5) is 20.2 Å². The summed E-state index contributed by atoms with van der Waals surface area (Å²) in [5, 5.41) is 10.1. The predicted octanol–water partition coefficient (Wildman–Crippen LogP) is 8.15. The molecule has 6 aromatic rings. The summed E-state index contributed by atoms with van der Waals surface area (Å²) in [5.41, 5.74) is 1.11. The van der Waals surface area contributed by atoms with Crippen molar-refractivity contribution in [2.45, 2.75) is 62.8 Å². The van der Waals surface area contributed by atoms with Gasteiger partial charge in [-0.2, -0.15) is 13.5 Å². The predicted molar refractivity (Wildman–Crippen MR) is 235 cm³/mol. The van der Waals surface area contributed by atoms with Gasteiger partial charge in [0.1, 0.15) is 16.5 Å². The van der Waals surface area contributed by atoms with Crippen LogP contribution < -0.4 is 19.2 Å². The Bertz CT molecular complexity index is 2740. The van der Waals surface area contributed by atoms with E-state index in [2.05, 4.69) is 20.7 Å². The number of carbonyl (C=O) groups excluding carboxylic acids is 2. The van der Waals surface area contributed by atoms with Crippen molar-refractivity contribution in [2.75, 3.05) is 8.61 Å². The van der Waals surface area contributed by atoms with Crippen molar-refractivity contribution in [2.24, 2.45) is 7.05 Å². The molecule has 2 amide bonds. The van der Waals surface area contributed by atoms with Crippen LogP contribution in [0.5, 0.6) is 0 Å². The van der Waals surface area contributed by atoms with Crippen LogP contribution in [-0.4, -0.2) is 55.5 Å². The van der Waals surface area contributed by atoms with Crippen LogP contribution in [0.3, 0.4) is 0 Å². The Morgan fingerprint density at radius 1 is 0.677 bits per heavy atom. The Hall–Kier alpha value is -5.88. The average molecular weight is 927 g/mol. The molecule has 0 radical (unpaired) electrons. The molecule has 326 valence electrons. The van der Waals surface area contributed by atoms with E-state index in [4.69, 9.17) is 23.2 Å². The molecular formula is C43H43Cl2F2N7O6S2. The minimum absolute atomic E-state index is 0.0264. The van der Waals surface area contributed by atoms with E-state index in [0.717, 1.165) is 20.7 Å². The molecule has 0 saturated heterocycles. The molecule has 4 aromatic carbocycles. The van der Waals surface area contributed by atoms with E-state index < -0.39 is 43.5 Å². The van der Waals surface area contributed by atoms with E-state index in [-0.39, 0.29) is 57.6 Å². The van der Waals surface area contributed by atoms with Gasteiger partial charge in [0.2, 0.25) is 0 Å². The third-order valence-electron chi connectivity index (χ3n) is 8.75. The number of hydrogen-bond acceptors (Lipinski definition) is 8. The zero-order valence-corrected chi connectivity index (χ0v) is 37.3. The van der Waals surface area contributed by atoms with Gasteiger partial charge >= 0.3 is 0 Å². The minimum atomic E-state index is -4.11. The molecule has 2 N–H and O–H groups in total. The topological polar surface area (TPSA) is 164 Å². The lowest BCUT2D eigenvalue weighted by Crippen LogP contribution is -2.33. The molecule has 2 aromatic heterocycles. The average Bonchev–Trinajstić information content (AvgIpc) is 3.68. The first kappa shape index (κ1) is 47.2. The van der Waals surface area contributed by atoms with Gasteiger partial charge in [-0.05, 0) is 118 Å². The second-order valence-electron chi connectivity index (χ2n) is 14.4. The number of anilines is 2. The van der Waals surface area contributed by atoms with Gasteiger partial charge in [0.05, 0.1) is 35.6 Å². The second-order valence-corrected chi connectivity index (χ2v) is 18.9. The summed E-state index contributed by atoms with van der Waals surface area (Å²) in [7, 11) is -6.56. The summed E-state index contributed by atoms with van der Waals surface area (Å²) in [6.07, 6.45) is 4.22. The van der Waals surface area contributed by atoms with Crippen molar-refractivity contribution >= 4 is 66.4 Å². The van der Waals surface area contributed by atoms with Crippen LogP contribution >= 0.6 is 23.2 Å². The van der Waals surface area contributed by atoms with Crippen LogP contribution in [0.25, 0.3) is 0 Å². The molecular weight excluding hydrogens is 884 g/mol. The zero-order chi connectivity index (χ0) is 45.4. The fourth-order valence-corrected chi connectivity index (χ4v) is 8.84. The Labute approximate surface area is 369 Å². The first-order valence-electron chi connectivity index (χ1n) is 18.9. The summed E-state index contributed by atoms with van der Waals surface area (Å²) in [5.74, 6) is -2.74. The molecule has 0 spiro atoms. The first-order chi connectivity index (χ1) is 29.3. The van der Waals surface area contributed by atoms with Crippen molar-refractivity contribution in [3.63, 3.8) is 0 Å². The maximum absolute atomic E-state index is 14.4. The number of hydrogen-bond donors (Lipinski definition) is 2. The number of sulfonamides is 2. The summed E-state index contributed by atoms with van der Waals surface area (Å²) in [4.78, 5) is 28.7. The van der Waals surface area contributed by atoms with Gasteiger partial charge in [-0.25, -0.2) is 17.2 Å². The molecule has 0 saturated carbocycles. The minimum Gasteiger partial charge on any atom is -0.350 e. The number of rotatable bonds is 14. The highest BCUT2D eigenvalue weighted by atomic mass is 35.5. The maximum atomic E-state index is 14.4. The quantitative estimate of drug-likeness (QED) is 0.111. The van der Waals surface area contributed by atoms with Crippen LogP contribution in [0.15, 0.2) is 132 Å². The van der Waals surface area contributed by atoms with Gasteiger partial charge in [-0.1, -0.05) is 47.5 Å². The molecule has 0 aliphatic rings. The molecule has 6 rings (SSSR count). The van der Waals surface area contributed by atoms with E-state index >= 15 is 0 Å². The highest BCUT2D eigenvalue weighted by molar-refractivity contribution is 7.93. The smallest absolute Gasteiger partial charge is 0.283 e. The Morgan fingerprint density at radius 2 is 1.13 bits per heavy atom. The number of halogens is 4. The van der Waals surface area contributed by atoms with Crippen molar-refractivity contribution in [3.05, 3.63) is 166 Å². The van der Waals surface area contributed by atoms with Gasteiger partial charge in [0.15, 0.2) is 5.03 Å². The molecule has 0 unspecified atom stereocenters. The lowest BCUT2D eigenvalue weighted by molar-refractivity contribution is 0.0930. The number of aromatic nitrogens is 3. The normalized spacial score (nSPS) is 11.5.